The number of piperidine rings is 1. The second kappa shape index (κ2) is 6.82. The minimum atomic E-state index is -0.534. The van der Waals surface area contributed by atoms with Crippen LogP contribution in [0.15, 0.2) is 28.8 Å². The van der Waals surface area contributed by atoms with Crippen LogP contribution >= 0.6 is 0 Å². The number of rotatable bonds is 2. The third-order valence-electron chi connectivity index (χ3n) is 3.98. The van der Waals surface area contributed by atoms with Crippen molar-refractivity contribution in [1.29, 1.82) is 0 Å². The van der Waals surface area contributed by atoms with Gasteiger partial charge in [-0.1, -0.05) is 17.3 Å². The van der Waals surface area contributed by atoms with Crippen molar-refractivity contribution in [1.82, 2.24) is 15.0 Å². The predicted octanol–water partition coefficient (Wildman–Crippen LogP) is 3.99. The fraction of sp³-hybridized carbons (Fsp3) is 0.500. The molecule has 7 heteroatoms. The van der Waals surface area contributed by atoms with E-state index in [1.165, 1.54) is 6.07 Å². The highest BCUT2D eigenvalue weighted by Crippen LogP contribution is 2.28. The monoisotopic (exact) mass is 347 g/mol. The first kappa shape index (κ1) is 17.4. The molecule has 1 saturated heterocycles. The van der Waals surface area contributed by atoms with E-state index in [2.05, 4.69) is 10.1 Å². The molecule has 0 bridgehead atoms. The van der Waals surface area contributed by atoms with E-state index >= 15 is 0 Å². The maximum absolute atomic E-state index is 13.9. The summed E-state index contributed by atoms with van der Waals surface area (Å²) in [7, 11) is 0. The van der Waals surface area contributed by atoms with E-state index in [9.17, 15) is 9.18 Å². The number of benzene rings is 1. The predicted molar refractivity (Wildman–Crippen MR) is 89.5 cm³/mol. The van der Waals surface area contributed by atoms with Gasteiger partial charge in [0.2, 0.25) is 0 Å². The Morgan fingerprint density at radius 1 is 1.36 bits per heavy atom. The number of hydrogen-bond donors (Lipinski definition) is 0. The van der Waals surface area contributed by atoms with Crippen LogP contribution in [0.3, 0.4) is 0 Å². The third kappa shape index (κ3) is 4.15. The van der Waals surface area contributed by atoms with Crippen LogP contribution in [0.25, 0.3) is 11.5 Å². The van der Waals surface area contributed by atoms with E-state index in [-0.39, 0.29) is 23.5 Å². The molecule has 2 heterocycles. The topological polar surface area (TPSA) is 68.5 Å². The number of carbonyl (C=O) groups excluding carboxylic acids is 1. The van der Waals surface area contributed by atoms with E-state index in [1.54, 1.807) is 23.1 Å². The van der Waals surface area contributed by atoms with Gasteiger partial charge in [0.25, 0.3) is 5.89 Å². The van der Waals surface area contributed by atoms with Crippen LogP contribution in [-0.2, 0) is 4.74 Å². The molecule has 0 N–H and O–H groups in total. The molecule has 1 atom stereocenters. The Morgan fingerprint density at radius 3 is 2.84 bits per heavy atom. The Hall–Kier alpha value is -2.44. The smallest absolute Gasteiger partial charge is 0.410 e. The number of carbonyl (C=O) groups is 1. The lowest BCUT2D eigenvalue weighted by Crippen LogP contribution is -2.42. The zero-order valence-corrected chi connectivity index (χ0v) is 14.7. The summed E-state index contributed by atoms with van der Waals surface area (Å²) in [5.74, 6) is 0.191. The molecule has 1 aliphatic heterocycles. The summed E-state index contributed by atoms with van der Waals surface area (Å²) in [5.41, 5.74) is -0.255. The van der Waals surface area contributed by atoms with Gasteiger partial charge in [-0.15, -0.1) is 0 Å². The van der Waals surface area contributed by atoms with Crippen molar-refractivity contribution >= 4 is 6.09 Å². The summed E-state index contributed by atoms with van der Waals surface area (Å²) >= 11 is 0. The normalized spacial score (nSPS) is 18.2. The molecule has 3 rings (SSSR count). The molecular formula is C18H22FN3O3. The molecule has 2 aromatic rings. The largest absolute Gasteiger partial charge is 0.444 e. The first-order valence-corrected chi connectivity index (χ1v) is 8.40. The van der Waals surface area contributed by atoms with E-state index in [0.717, 1.165) is 12.8 Å². The SMILES string of the molecule is CC(C)(C)OC(=O)N1CCCC(c2noc(-c3ccccc3F)n2)C1. The van der Waals surface area contributed by atoms with Crippen molar-refractivity contribution in [2.24, 2.45) is 0 Å². The van der Waals surface area contributed by atoms with Gasteiger partial charge in [-0.2, -0.15) is 4.98 Å². The number of likely N-dealkylation sites (tertiary alicyclic amines) is 1. The maximum atomic E-state index is 13.9. The van der Waals surface area contributed by atoms with Crippen molar-refractivity contribution in [2.75, 3.05) is 13.1 Å². The maximum Gasteiger partial charge on any atom is 0.410 e. The van der Waals surface area contributed by atoms with Gasteiger partial charge in [0.05, 0.1) is 5.56 Å². The van der Waals surface area contributed by atoms with Gasteiger partial charge < -0.3 is 14.2 Å². The average molecular weight is 347 g/mol. The van der Waals surface area contributed by atoms with Crippen molar-refractivity contribution in [2.45, 2.75) is 45.1 Å². The van der Waals surface area contributed by atoms with Gasteiger partial charge in [0.1, 0.15) is 11.4 Å². The molecule has 1 unspecified atom stereocenters. The van der Waals surface area contributed by atoms with Crippen LogP contribution in [0.1, 0.15) is 45.4 Å². The summed E-state index contributed by atoms with van der Waals surface area (Å²) in [5, 5.41) is 3.99. The number of aromatic nitrogens is 2. The lowest BCUT2D eigenvalue weighted by atomic mass is 9.98. The molecule has 0 saturated carbocycles. The summed E-state index contributed by atoms with van der Waals surface area (Å²) in [6.45, 7) is 6.62. The molecule has 0 spiro atoms. The first-order chi connectivity index (χ1) is 11.8. The molecule has 6 nitrogen and oxygen atoms in total. The molecule has 25 heavy (non-hydrogen) atoms. The summed E-state index contributed by atoms with van der Waals surface area (Å²) in [4.78, 5) is 18.3. The van der Waals surface area contributed by atoms with Gasteiger partial charge in [-0.05, 0) is 45.7 Å². The highest BCUT2D eigenvalue weighted by atomic mass is 19.1. The zero-order valence-electron chi connectivity index (χ0n) is 14.7. The Kier molecular flexibility index (Phi) is 4.74. The van der Waals surface area contributed by atoms with Gasteiger partial charge >= 0.3 is 6.09 Å². The minimum absolute atomic E-state index is 0.0504. The molecule has 1 aromatic carbocycles. The Bertz CT molecular complexity index is 754. The lowest BCUT2D eigenvalue weighted by Gasteiger charge is -2.32. The molecular weight excluding hydrogens is 325 g/mol. The van der Waals surface area contributed by atoms with E-state index < -0.39 is 11.4 Å². The molecule has 134 valence electrons. The van der Waals surface area contributed by atoms with E-state index in [1.807, 2.05) is 20.8 Å². The Balaban J connectivity index is 1.72. The van der Waals surface area contributed by atoms with Crippen LogP contribution in [0, 0.1) is 5.82 Å². The zero-order chi connectivity index (χ0) is 18.0. The lowest BCUT2D eigenvalue weighted by molar-refractivity contribution is 0.0195. The van der Waals surface area contributed by atoms with Crippen molar-refractivity contribution in [3.8, 4) is 11.5 Å². The quantitative estimate of drug-likeness (QED) is 0.821. The first-order valence-electron chi connectivity index (χ1n) is 8.40. The van der Waals surface area contributed by atoms with Crippen LogP contribution in [0.5, 0.6) is 0 Å². The van der Waals surface area contributed by atoms with Crippen LogP contribution in [0.2, 0.25) is 0 Å². The summed E-state index contributed by atoms with van der Waals surface area (Å²) in [6, 6.07) is 6.27. The molecule has 0 aliphatic carbocycles. The Morgan fingerprint density at radius 2 is 2.12 bits per heavy atom. The standard InChI is InChI=1S/C18H22FN3O3/c1-18(2,3)24-17(23)22-10-6-7-12(11-22)15-20-16(25-21-15)13-8-4-5-9-14(13)19/h4-5,8-9,12H,6-7,10-11H2,1-3H3. The molecule has 1 aliphatic rings. The fourth-order valence-corrected chi connectivity index (χ4v) is 2.82. The van der Waals surface area contributed by atoms with Crippen LogP contribution in [-0.4, -0.2) is 39.8 Å². The van der Waals surface area contributed by atoms with Crippen LogP contribution in [0.4, 0.5) is 9.18 Å². The molecule has 1 fully saturated rings. The second-order valence-electron chi connectivity index (χ2n) is 7.20. The van der Waals surface area contributed by atoms with Crippen molar-refractivity contribution in [3.63, 3.8) is 0 Å². The van der Waals surface area contributed by atoms with Crippen LogP contribution < -0.4 is 0 Å². The van der Waals surface area contributed by atoms with Gasteiger partial charge in [-0.3, -0.25) is 0 Å². The second-order valence-corrected chi connectivity index (χ2v) is 7.20. The van der Waals surface area contributed by atoms with E-state index in [0.29, 0.717) is 18.9 Å². The fourth-order valence-electron chi connectivity index (χ4n) is 2.82. The molecule has 1 amide bonds. The number of amides is 1. The Labute approximate surface area is 146 Å². The van der Waals surface area contributed by atoms with Crippen molar-refractivity contribution in [3.05, 3.63) is 35.9 Å². The van der Waals surface area contributed by atoms with Crippen molar-refractivity contribution < 1.29 is 18.4 Å². The summed E-state index contributed by atoms with van der Waals surface area (Å²) < 4.78 is 24.5. The number of ether oxygens (including phenoxy) is 1. The van der Waals surface area contributed by atoms with Gasteiger partial charge in [0.15, 0.2) is 5.82 Å². The van der Waals surface area contributed by atoms with Gasteiger partial charge in [-0.25, -0.2) is 9.18 Å². The average Bonchev–Trinajstić information content (AvgIpc) is 3.03. The molecule has 0 radical (unpaired) electrons. The number of halogens is 1. The van der Waals surface area contributed by atoms with E-state index in [4.69, 9.17) is 9.26 Å². The number of nitrogens with zero attached hydrogens (tertiary/aromatic N) is 3. The highest BCUT2D eigenvalue weighted by molar-refractivity contribution is 5.68. The molecule has 1 aromatic heterocycles. The number of hydrogen-bond acceptors (Lipinski definition) is 5. The van der Waals surface area contributed by atoms with Gasteiger partial charge in [0, 0.05) is 19.0 Å². The minimum Gasteiger partial charge on any atom is -0.444 e. The summed E-state index contributed by atoms with van der Waals surface area (Å²) in [6.07, 6.45) is 1.33. The third-order valence-corrected chi connectivity index (χ3v) is 3.98. The highest BCUT2D eigenvalue weighted by Gasteiger charge is 2.31.